The minimum atomic E-state index is -4.38. The Kier molecular flexibility index (Phi) is 8.43. The summed E-state index contributed by atoms with van der Waals surface area (Å²) in [5.41, 5.74) is 6.73. The Morgan fingerprint density at radius 3 is 2.38 bits per heavy atom. The molecule has 13 nitrogen and oxygen atoms in total. The lowest BCUT2D eigenvalue weighted by atomic mass is 9.84. The van der Waals surface area contributed by atoms with Crippen LogP contribution in [0.15, 0.2) is 53.7 Å². The molecule has 2 aliphatic rings. The number of hydrogen-bond donors (Lipinski definition) is 4. The summed E-state index contributed by atoms with van der Waals surface area (Å²) < 4.78 is 57.6. The zero-order chi connectivity index (χ0) is 34.5. The van der Waals surface area contributed by atoms with Gasteiger partial charge in [-0.2, -0.15) is 9.40 Å². The topological polar surface area (TPSA) is 184 Å². The van der Waals surface area contributed by atoms with Crippen LogP contribution in [-0.2, 0) is 28.5 Å². The number of anilines is 1. The average Bonchev–Trinajstić information content (AvgIpc) is 3.78. The van der Waals surface area contributed by atoms with Crippen molar-refractivity contribution in [3.8, 4) is 5.69 Å². The van der Waals surface area contributed by atoms with E-state index in [1.165, 1.54) is 24.4 Å². The maximum atomic E-state index is 14.0. The standard InChI is InChI=1S/C32H33F2N7O6S/c1-32(2)17-41(48(46,47)22-11-20(33)10-21(34)12-22)16-25-27(32)37-38-29(25)36-30(43)24-13-26(40-8-5-18(15-40)31(44)45)19(9-23(24)28(35)42)14-39-6-3-4-7-39/h5,8-13,15H,3-4,6-7,14,16-17H2,1-2H3,(H2,35,42)(H,44,45)(H2,36,37,38,43). The molecular formula is C32H33F2N7O6S. The predicted octanol–water partition coefficient (Wildman–Crippen LogP) is 3.61. The van der Waals surface area contributed by atoms with Crippen LogP contribution in [0.1, 0.15) is 74.6 Å². The molecule has 0 spiro atoms. The maximum Gasteiger partial charge on any atom is 0.337 e. The van der Waals surface area contributed by atoms with Gasteiger partial charge in [-0.1, -0.05) is 13.8 Å². The summed E-state index contributed by atoms with van der Waals surface area (Å²) in [5, 5.41) is 19.3. The number of aromatic nitrogens is 3. The fraction of sp³-hybridized carbons (Fsp3) is 0.312. The first-order valence-corrected chi connectivity index (χ1v) is 16.5. The second kappa shape index (κ2) is 12.3. The SMILES string of the molecule is CC1(C)CN(S(=O)(=O)c2cc(F)cc(F)c2)Cc2c(NC(=O)c3cc(-n4ccc(C(=O)O)c4)c(CN4CCCC4)cc3C(N)=O)n[nH]c21. The Morgan fingerprint density at radius 1 is 1.06 bits per heavy atom. The van der Waals surface area contributed by atoms with E-state index in [0.717, 1.165) is 42.4 Å². The van der Waals surface area contributed by atoms with Gasteiger partial charge in [0.15, 0.2) is 5.82 Å². The molecule has 16 heteroatoms. The molecule has 0 bridgehead atoms. The highest BCUT2D eigenvalue weighted by atomic mass is 32.2. The number of primary amides is 1. The van der Waals surface area contributed by atoms with Crippen molar-refractivity contribution in [2.75, 3.05) is 25.0 Å². The van der Waals surface area contributed by atoms with Crippen molar-refractivity contribution >= 4 is 33.6 Å². The number of nitrogens with one attached hydrogen (secondary N) is 2. The number of aromatic amines is 1. The molecule has 1 saturated heterocycles. The Morgan fingerprint density at radius 2 is 1.75 bits per heavy atom. The van der Waals surface area contributed by atoms with Crippen LogP contribution in [0.25, 0.3) is 5.69 Å². The predicted molar refractivity (Wildman–Crippen MR) is 169 cm³/mol. The molecule has 4 heterocycles. The summed E-state index contributed by atoms with van der Waals surface area (Å²) in [6, 6.07) is 6.46. The summed E-state index contributed by atoms with van der Waals surface area (Å²) in [4.78, 5) is 39.9. The molecule has 1 fully saturated rings. The summed E-state index contributed by atoms with van der Waals surface area (Å²) in [7, 11) is -4.38. The molecule has 2 aliphatic heterocycles. The number of carbonyl (C=O) groups excluding carboxylic acids is 2. The highest BCUT2D eigenvalue weighted by Gasteiger charge is 2.41. The Balaban J connectivity index is 1.37. The fourth-order valence-corrected chi connectivity index (χ4v) is 7.97. The van der Waals surface area contributed by atoms with Crippen LogP contribution < -0.4 is 11.1 Å². The van der Waals surface area contributed by atoms with Crippen LogP contribution in [0.3, 0.4) is 0 Å². The lowest BCUT2D eigenvalue weighted by Gasteiger charge is -2.36. The van der Waals surface area contributed by atoms with Gasteiger partial charge in [0.05, 0.1) is 27.3 Å². The number of benzene rings is 2. The normalized spacial score (nSPS) is 16.5. The smallest absolute Gasteiger partial charge is 0.337 e. The van der Waals surface area contributed by atoms with Crippen molar-refractivity contribution in [2.45, 2.75) is 50.1 Å². The van der Waals surface area contributed by atoms with Crippen LogP contribution in [0.5, 0.6) is 0 Å². The number of likely N-dealkylation sites (tertiary alicyclic amines) is 1. The summed E-state index contributed by atoms with van der Waals surface area (Å²) in [6.45, 7) is 5.27. The van der Waals surface area contributed by atoms with E-state index >= 15 is 0 Å². The molecule has 4 aromatic rings. The minimum Gasteiger partial charge on any atom is -0.478 e. The molecule has 5 N–H and O–H groups in total. The van der Waals surface area contributed by atoms with Gasteiger partial charge in [0.25, 0.3) is 5.91 Å². The highest BCUT2D eigenvalue weighted by Crippen LogP contribution is 2.38. The van der Waals surface area contributed by atoms with Crippen molar-refractivity contribution in [3.63, 3.8) is 0 Å². The molecule has 0 saturated carbocycles. The number of halogens is 2. The molecule has 2 aromatic carbocycles. The number of amides is 2. The molecule has 252 valence electrons. The Labute approximate surface area is 274 Å². The first-order valence-electron chi connectivity index (χ1n) is 15.1. The zero-order valence-electron chi connectivity index (χ0n) is 26.1. The molecule has 0 aliphatic carbocycles. The maximum absolute atomic E-state index is 14.0. The molecule has 0 atom stereocenters. The van der Waals surface area contributed by atoms with Crippen LogP contribution in [-0.4, -0.2) is 74.9 Å². The van der Waals surface area contributed by atoms with Crippen molar-refractivity contribution < 1.29 is 36.7 Å². The Hall–Kier alpha value is -4.93. The molecule has 48 heavy (non-hydrogen) atoms. The minimum absolute atomic E-state index is 0.0133. The van der Waals surface area contributed by atoms with Gasteiger partial charge in [-0.15, -0.1) is 0 Å². The monoisotopic (exact) mass is 681 g/mol. The third-order valence-corrected chi connectivity index (χ3v) is 10.5. The number of hydrogen-bond acceptors (Lipinski definition) is 7. The van der Waals surface area contributed by atoms with Crippen molar-refractivity contribution in [2.24, 2.45) is 5.73 Å². The molecule has 2 amide bonds. The van der Waals surface area contributed by atoms with Gasteiger partial charge < -0.3 is 20.7 Å². The number of carboxylic acid groups (broad SMARTS) is 1. The van der Waals surface area contributed by atoms with Crippen molar-refractivity contribution in [1.82, 2.24) is 24.0 Å². The number of sulfonamides is 1. The van der Waals surface area contributed by atoms with Gasteiger partial charge in [0.2, 0.25) is 15.9 Å². The first kappa shape index (κ1) is 33.0. The number of fused-ring (bicyclic) bond motifs is 1. The largest absolute Gasteiger partial charge is 0.478 e. The third kappa shape index (κ3) is 6.21. The van der Waals surface area contributed by atoms with Gasteiger partial charge in [0.1, 0.15) is 11.6 Å². The molecule has 0 unspecified atom stereocenters. The van der Waals surface area contributed by atoms with E-state index in [9.17, 15) is 36.7 Å². The molecule has 2 aromatic heterocycles. The number of nitrogens with zero attached hydrogens (tertiary/aromatic N) is 4. The average molecular weight is 682 g/mol. The van der Waals surface area contributed by atoms with Gasteiger partial charge in [-0.3, -0.25) is 19.6 Å². The zero-order valence-corrected chi connectivity index (χ0v) is 26.9. The summed E-state index contributed by atoms with van der Waals surface area (Å²) >= 11 is 0. The summed E-state index contributed by atoms with van der Waals surface area (Å²) in [6.07, 6.45) is 4.97. The molecule has 6 rings (SSSR count). The summed E-state index contributed by atoms with van der Waals surface area (Å²) in [5.74, 6) is -4.87. The van der Waals surface area contributed by atoms with Crippen LogP contribution in [0.4, 0.5) is 14.6 Å². The number of H-pyrrole nitrogens is 1. The number of rotatable bonds is 9. The van der Waals surface area contributed by atoms with Gasteiger partial charge in [-0.25, -0.2) is 22.0 Å². The van der Waals surface area contributed by atoms with E-state index in [0.29, 0.717) is 35.1 Å². The van der Waals surface area contributed by atoms with E-state index in [4.69, 9.17) is 5.73 Å². The highest BCUT2D eigenvalue weighted by molar-refractivity contribution is 7.89. The molecule has 0 radical (unpaired) electrons. The van der Waals surface area contributed by atoms with E-state index < -0.39 is 49.8 Å². The van der Waals surface area contributed by atoms with Gasteiger partial charge in [0, 0.05) is 54.8 Å². The second-order valence-electron chi connectivity index (χ2n) is 12.6. The number of carbonyl (C=O) groups is 3. The van der Waals surface area contributed by atoms with E-state index in [-0.39, 0.29) is 35.6 Å². The first-order chi connectivity index (χ1) is 22.6. The van der Waals surface area contributed by atoms with Gasteiger partial charge >= 0.3 is 5.97 Å². The van der Waals surface area contributed by atoms with E-state index in [2.05, 4.69) is 20.4 Å². The van der Waals surface area contributed by atoms with Crippen LogP contribution in [0.2, 0.25) is 0 Å². The lowest BCUT2D eigenvalue weighted by molar-refractivity contribution is 0.0696. The van der Waals surface area contributed by atoms with Crippen molar-refractivity contribution in [3.05, 3.63) is 93.9 Å². The number of carboxylic acids is 1. The lowest BCUT2D eigenvalue weighted by Crippen LogP contribution is -2.45. The third-order valence-electron chi connectivity index (χ3n) is 8.70. The van der Waals surface area contributed by atoms with E-state index in [1.54, 1.807) is 24.6 Å². The quantitative estimate of drug-likeness (QED) is 0.207. The van der Waals surface area contributed by atoms with Crippen LogP contribution >= 0.6 is 0 Å². The molecular weight excluding hydrogens is 648 g/mol. The number of nitrogens with two attached hydrogens (primary N) is 1. The Bertz CT molecular complexity index is 2050. The van der Waals surface area contributed by atoms with Crippen molar-refractivity contribution in [1.29, 1.82) is 0 Å². The van der Waals surface area contributed by atoms with Crippen LogP contribution in [0, 0.1) is 11.6 Å². The second-order valence-corrected chi connectivity index (χ2v) is 14.6. The fourth-order valence-electron chi connectivity index (χ4n) is 6.35. The van der Waals surface area contributed by atoms with Gasteiger partial charge in [-0.05, 0) is 61.8 Å². The number of aromatic carboxylic acids is 1. The van der Waals surface area contributed by atoms with E-state index in [1.807, 2.05) is 0 Å².